The molecule has 0 unspecified atom stereocenters. The Hall–Kier alpha value is -1.84. The highest BCUT2D eigenvalue weighted by Crippen LogP contribution is 2.30. The van der Waals surface area contributed by atoms with E-state index in [1.54, 1.807) is 0 Å². The molecule has 0 N–H and O–H groups in total. The Morgan fingerprint density at radius 2 is 1.79 bits per heavy atom. The van der Waals surface area contributed by atoms with Crippen LogP contribution < -0.4 is 0 Å². The van der Waals surface area contributed by atoms with Gasteiger partial charge in [-0.3, -0.25) is 4.99 Å². The van der Waals surface area contributed by atoms with E-state index in [9.17, 15) is 4.79 Å². The van der Waals surface area contributed by atoms with Gasteiger partial charge in [-0.25, -0.2) is 4.79 Å². The summed E-state index contributed by atoms with van der Waals surface area (Å²) in [6.07, 6.45) is 6.09. The highest BCUT2D eigenvalue weighted by molar-refractivity contribution is 5.82. The first-order valence-electron chi connectivity index (χ1n) is 10.6. The average Bonchev–Trinajstić information content (AvgIpc) is 2.59. The molecule has 0 radical (unpaired) electrons. The van der Waals surface area contributed by atoms with E-state index in [4.69, 9.17) is 4.74 Å². The highest BCUT2D eigenvalue weighted by atomic mass is 16.6. The molecule has 4 nitrogen and oxygen atoms in total. The van der Waals surface area contributed by atoms with Gasteiger partial charge < -0.3 is 9.64 Å². The SMILES string of the molecule is CC(C)(C)CCC/N=C/c1ccccc1C1CCN(C(=O)OC(C)(C)C)CC1. The summed E-state index contributed by atoms with van der Waals surface area (Å²) in [6, 6.07) is 8.55. The molecule has 1 fully saturated rings. The first-order chi connectivity index (χ1) is 13.1. The van der Waals surface area contributed by atoms with Crippen molar-refractivity contribution in [2.45, 2.75) is 78.7 Å². The number of benzene rings is 1. The minimum absolute atomic E-state index is 0.195. The number of carbonyl (C=O) groups is 1. The van der Waals surface area contributed by atoms with Crippen molar-refractivity contribution in [1.82, 2.24) is 4.90 Å². The molecule has 4 heteroatoms. The second kappa shape index (κ2) is 9.58. The third kappa shape index (κ3) is 7.65. The molecule has 1 amide bonds. The zero-order valence-electron chi connectivity index (χ0n) is 18.6. The highest BCUT2D eigenvalue weighted by Gasteiger charge is 2.28. The maximum Gasteiger partial charge on any atom is 0.410 e. The molecule has 2 rings (SSSR count). The third-order valence-electron chi connectivity index (χ3n) is 5.03. The molecule has 28 heavy (non-hydrogen) atoms. The lowest BCUT2D eigenvalue weighted by Crippen LogP contribution is -2.41. The Morgan fingerprint density at radius 3 is 2.39 bits per heavy atom. The van der Waals surface area contributed by atoms with Gasteiger partial charge in [0.25, 0.3) is 0 Å². The minimum atomic E-state index is -0.440. The van der Waals surface area contributed by atoms with Gasteiger partial charge in [0.05, 0.1) is 0 Å². The fourth-order valence-corrected chi connectivity index (χ4v) is 3.56. The zero-order chi connectivity index (χ0) is 20.8. The van der Waals surface area contributed by atoms with Gasteiger partial charge in [-0.05, 0) is 68.9 Å². The van der Waals surface area contributed by atoms with Crippen LogP contribution in [0.4, 0.5) is 4.79 Å². The van der Waals surface area contributed by atoms with Crippen LogP contribution in [0, 0.1) is 5.41 Å². The smallest absolute Gasteiger partial charge is 0.410 e. The normalized spacial score (nSPS) is 16.6. The molecule has 0 aliphatic carbocycles. The second-order valence-electron chi connectivity index (χ2n) is 10.1. The van der Waals surface area contributed by atoms with Gasteiger partial charge in [0.1, 0.15) is 5.60 Å². The van der Waals surface area contributed by atoms with Crippen LogP contribution in [0.5, 0.6) is 0 Å². The summed E-state index contributed by atoms with van der Waals surface area (Å²) in [5, 5.41) is 0. The molecule has 1 saturated heterocycles. The van der Waals surface area contributed by atoms with Crippen LogP contribution >= 0.6 is 0 Å². The average molecular weight is 387 g/mol. The topological polar surface area (TPSA) is 41.9 Å². The maximum absolute atomic E-state index is 12.3. The van der Waals surface area contributed by atoms with Crippen molar-refractivity contribution < 1.29 is 9.53 Å². The molecule has 1 aliphatic rings. The van der Waals surface area contributed by atoms with E-state index in [0.717, 1.165) is 38.9 Å². The van der Waals surface area contributed by atoms with Gasteiger partial charge >= 0.3 is 6.09 Å². The van der Waals surface area contributed by atoms with Crippen LogP contribution in [0.1, 0.15) is 84.3 Å². The van der Waals surface area contributed by atoms with E-state index in [2.05, 4.69) is 50.0 Å². The number of hydrogen-bond acceptors (Lipinski definition) is 3. The zero-order valence-corrected chi connectivity index (χ0v) is 18.6. The van der Waals surface area contributed by atoms with Crippen molar-refractivity contribution in [3.8, 4) is 0 Å². The number of amides is 1. The number of ether oxygens (including phenoxy) is 1. The van der Waals surface area contributed by atoms with E-state index >= 15 is 0 Å². The van der Waals surface area contributed by atoms with Crippen molar-refractivity contribution in [2.24, 2.45) is 10.4 Å². The van der Waals surface area contributed by atoms with Crippen LogP contribution in [0.25, 0.3) is 0 Å². The Labute approximate surface area is 171 Å². The maximum atomic E-state index is 12.3. The molecular weight excluding hydrogens is 348 g/mol. The number of likely N-dealkylation sites (tertiary alicyclic amines) is 1. The Morgan fingerprint density at radius 1 is 1.14 bits per heavy atom. The summed E-state index contributed by atoms with van der Waals surface area (Å²) >= 11 is 0. The fourth-order valence-electron chi connectivity index (χ4n) is 3.56. The van der Waals surface area contributed by atoms with Crippen molar-refractivity contribution in [3.05, 3.63) is 35.4 Å². The summed E-state index contributed by atoms with van der Waals surface area (Å²) in [5.74, 6) is 0.468. The molecule has 0 spiro atoms. The monoisotopic (exact) mass is 386 g/mol. The van der Waals surface area contributed by atoms with Crippen LogP contribution in [-0.4, -0.2) is 42.4 Å². The summed E-state index contributed by atoms with van der Waals surface area (Å²) in [5.41, 5.74) is 2.50. The standard InChI is InChI=1S/C24H38N2O2/c1-23(2,3)14-9-15-25-18-20-10-7-8-11-21(20)19-12-16-26(17-13-19)22(27)28-24(4,5)6/h7-8,10-11,18-19H,9,12-17H2,1-6H3/b25-18+. The second-order valence-corrected chi connectivity index (χ2v) is 10.1. The van der Waals surface area contributed by atoms with Crippen LogP contribution in [0.3, 0.4) is 0 Å². The van der Waals surface area contributed by atoms with Crippen LogP contribution in [0.15, 0.2) is 29.3 Å². The molecule has 0 atom stereocenters. The van der Waals surface area contributed by atoms with Crippen LogP contribution in [0.2, 0.25) is 0 Å². The van der Waals surface area contributed by atoms with E-state index in [1.807, 2.05) is 31.9 Å². The molecule has 156 valence electrons. The van der Waals surface area contributed by atoms with Crippen molar-refractivity contribution in [1.29, 1.82) is 0 Å². The molecule has 0 saturated carbocycles. The number of carbonyl (C=O) groups excluding carboxylic acids is 1. The first-order valence-corrected chi connectivity index (χ1v) is 10.6. The van der Waals surface area contributed by atoms with Crippen LogP contribution in [-0.2, 0) is 4.74 Å². The molecule has 1 aromatic carbocycles. The molecule has 0 aromatic heterocycles. The molecule has 1 heterocycles. The predicted molar refractivity (Wildman–Crippen MR) is 117 cm³/mol. The fraction of sp³-hybridized carbons (Fsp3) is 0.667. The van der Waals surface area contributed by atoms with Gasteiger partial charge in [0.2, 0.25) is 0 Å². The Kier molecular flexibility index (Phi) is 7.68. The lowest BCUT2D eigenvalue weighted by molar-refractivity contribution is 0.0205. The van der Waals surface area contributed by atoms with E-state index < -0.39 is 5.60 Å². The van der Waals surface area contributed by atoms with Gasteiger partial charge in [-0.1, -0.05) is 45.0 Å². The lowest BCUT2D eigenvalue weighted by atomic mass is 9.87. The number of piperidine rings is 1. The van der Waals surface area contributed by atoms with Gasteiger partial charge in [0.15, 0.2) is 0 Å². The number of aliphatic imine (C=N–C) groups is 1. The molecule has 1 aromatic rings. The quantitative estimate of drug-likeness (QED) is 0.457. The number of nitrogens with zero attached hydrogens (tertiary/aromatic N) is 2. The van der Waals surface area contributed by atoms with Gasteiger partial charge in [0, 0.05) is 25.8 Å². The Balaban J connectivity index is 1.92. The van der Waals surface area contributed by atoms with E-state index in [1.165, 1.54) is 17.5 Å². The van der Waals surface area contributed by atoms with Crippen molar-refractivity contribution in [2.75, 3.05) is 19.6 Å². The third-order valence-corrected chi connectivity index (χ3v) is 5.03. The summed E-state index contributed by atoms with van der Waals surface area (Å²) in [6.45, 7) is 14.9. The Bertz CT molecular complexity index is 660. The van der Waals surface area contributed by atoms with E-state index in [0.29, 0.717) is 11.3 Å². The lowest BCUT2D eigenvalue weighted by Gasteiger charge is -2.34. The van der Waals surface area contributed by atoms with Crippen molar-refractivity contribution >= 4 is 12.3 Å². The van der Waals surface area contributed by atoms with Gasteiger partial charge in [-0.15, -0.1) is 0 Å². The summed E-state index contributed by atoms with van der Waals surface area (Å²) in [7, 11) is 0. The molecule has 0 bridgehead atoms. The predicted octanol–water partition coefficient (Wildman–Crippen LogP) is 6.05. The largest absolute Gasteiger partial charge is 0.444 e. The summed E-state index contributed by atoms with van der Waals surface area (Å²) < 4.78 is 5.51. The first kappa shape index (κ1) is 22.4. The van der Waals surface area contributed by atoms with Crippen molar-refractivity contribution in [3.63, 3.8) is 0 Å². The number of rotatable bonds is 5. The number of hydrogen-bond donors (Lipinski definition) is 0. The van der Waals surface area contributed by atoms with Gasteiger partial charge in [-0.2, -0.15) is 0 Å². The molecular formula is C24H38N2O2. The molecule has 1 aliphatic heterocycles. The van der Waals surface area contributed by atoms with E-state index in [-0.39, 0.29) is 6.09 Å². The summed E-state index contributed by atoms with van der Waals surface area (Å²) in [4.78, 5) is 18.8. The minimum Gasteiger partial charge on any atom is -0.444 e.